The number of benzene rings is 1. The van der Waals surface area contributed by atoms with Crippen molar-refractivity contribution in [3.8, 4) is 5.75 Å². The molecule has 0 spiro atoms. The van der Waals surface area contributed by atoms with Gasteiger partial charge in [0.15, 0.2) is 0 Å². The zero-order chi connectivity index (χ0) is 11.0. The normalized spacial score (nSPS) is 11.4. The molecule has 15 heavy (non-hydrogen) atoms. The number of aromatic amines is 1. The summed E-state index contributed by atoms with van der Waals surface area (Å²) in [5.74, 6) is 0.507. The number of imidazole rings is 1. The van der Waals surface area contributed by atoms with Crippen molar-refractivity contribution in [1.82, 2.24) is 9.55 Å². The molecular formula is C11H14N2O2. The highest BCUT2D eigenvalue weighted by Crippen LogP contribution is 2.22. The van der Waals surface area contributed by atoms with Gasteiger partial charge in [0.1, 0.15) is 11.3 Å². The predicted molar refractivity (Wildman–Crippen MR) is 59.1 cm³/mol. The largest absolute Gasteiger partial charge is 0.506 e. The van der Waals surface area contributed by atoms with Gasteiger partial charge >= 0.3 is 5.69 Å². The van der Waals surface area contributed by atoms with Gasteiger partial charge in [0.2, 0.25) is 0 Å². The summed E-state index contributed by atoms with van der Waals surface area (Å²) in [7, 11) is 0. The molecule has 0 saturated carbocycles. The number of nitrogens with zero attached hydrogens (tertiary/aromatic N) is 1. The average Bonchev–Trinajstić information content (AvgIpc) is 2.43. The fourth-order valence-electron chi connectivity index (χ4n) is 1.74. The second-order valence-electron chi connectivity index (χ2n) is 4.11. The van der Waals surface area contributed by atoms with Crippen molar-refractivity contribution in [3.05, 3.63) is 28.7 Å². The van der Waals surface area contributed by atoms with Crippen molar-refractivity contribution in [2.75, 3.05) is 0 Å². The molecule has 80 valence electrons. The molecule has 1 heterocycles. The molecule has 0 radical (unpaired) electrons. The highest BCUT2D eigenvalue weighted by molar-refractivity contribution is 5.81. The lowest BCUT2D eigenvalue weighted by molar-refractivity contribution is 0.470. The van der Waals surface area contributed by atoms with E-state index in [-0.39, 0.29) is 11.4 Å². The first-order chi connectivity index (χ1) is 7.09. The van der Waals surface area contributed by atoms with Crippen LogP contribution >= 0.6 is 0 Å². The number of aromatic nitrogens is 2. The zero-order valence-electron chi connectivity index (χ0n) is 8.82. The minimum Gasteiger partial charge on any atom is -0.506 e. The van der Waals surface area contributed by atoms with E-state index >= 15 is 0 Å². The van der Waals surface area contributed by atoms with Gasteiger partial charge in [-0.15, -0.1) is 0 Å². The molecule has 2 aromatic rings. The van der Waals surface area contributed by atoms with E-state index in [9.17, 15) is 9.90 Å². The van der Waals surface area contributed by atoms with Crippen LogP contribution in [0.25, 0.3) is 11.0 Å². The van der Waals surface area contributed by atoms with Gasteiger partial charge in [0, 0.05) is 6.54 Å². The lowest BCUT2D eigenvalue weighted by Gasteiger charge is -2.06. The molecule has 0 bridgehead atoms. The molecule has 1 aromatic heterocycles. The molecule has 1 aromatic carbocycles. The Kier molecular flexibility index (Phi) is 2.26. The third-order valence-corrected chi connectivity index (χ3v) is 2.32. The first-order valence-corrected chi connectivity index (χ1v) is 5.00. The van der Waals surface area contributed by atoms with Crippen molar-refractivity contribution in [2.24, 2.45) is 5.92 Å². The molecule has 4 nitrogen and oxygen atoms in total. The van der Waals surface area contributed by atoms with Gasteiger partial charge in [-0.1, -0.05) is 19.9 Å². The fraction of sp³-hybridized carbons (Fsp3) is 0.364. The second-order valence-corrected chi connectivity index (χ2v) is 4.11. The summed E-state index contributed by atoms with van der Waals surface area (Å²) in [5.41, 5.74) is 1.11. The van der Waals surface area contributed by atoms with Gasteiger partial charge in [-0.3, -0.25) is 4.57 Å². The van der Waals surface area contributed by atoms with E-state index in [2.05, 4.69) is 4.98 Å². The molecule has 0 aliphatic rings. The standard InChI is InChI=1S/C11H14N2O2/c1-7(2)6-13-10-8(12-11(13)15)4-3-5-9(10)14/h3-5,7,14H,6H2,1-2H3,(H,12,15). The predicted octanol–water partition coefficient (Wildman–Crippen LogP) is 1.69. The Hall–Kier alpha value is -1.71. The highest BCUT2D eigenvalue weighted by Gasteiger charge is 2.10. The molecule has 0 saturated heterocycles. The van der Waals surface area contributed by atoms with E-state index in [1.807, 2.05) is 13.8 Å². The van der Waals surface area contributed by atoms with E-state index in [0.717, 1.165) is 0 Å². The second kappa shape index (κ2) is 3.46. The van der Waals surface area contributed by atoms with E-state index in [1.165, 1.54) is 0 Å². The number of H-pyrrole nitrogens is 1. The molecule has 2 rings (SSSR count). The van der Waals surface area contributed by atoms with Crippen molar-refractivity contribution in [3.63, 3.8) is 0 Å². The summed E-state index contributed by atoms with van der Waals surface area (Å²) in [5, 5.41) is 9.70. The summed E-state index contributed by atoms with van der Waals surface area (Å²) in [6.45, 7) is 4.67. The Balaban J connectivity index is 2.71. The minimum absolute atomic E-state index is 0.145. The molecule has 4 heteroatoms. The molecule has 0 aliphatic carbocycles. The SMILES string of the molecule is CC(C)Cn1c(=O)[nH]c2cccc(O)c21. The van der Waals surface area contributed by atoms with Crippen LogP contribution in [0, 0.1) is 5.92 Å². The molecule has 0 fully saturated rings. The van der Waals surface area contributed by atoms with Gasteiger partial charge in [0.05, 0.1) is 5.52 Å². The number of phenolic OH excluding ortho intramolecular Hbond substituents is 1. The summed E-state index contributed by atoms with van der Waals surface area (Å²) >= 11 is 0. The van der Waals surface area contributed by atoms with Crippen LogP contribution in [-0.4, -0.2) is 14.7 Å². The van der Waals surface area contributed by atoms with Crippen molar-refractivity contribution in [2.45, 2.75) is 20.4 Å². The smallest absolute Gasteiger partial charge is 0.326 e. The van der Waals surface area contributed by atoms with Crippen LogP contribution in [0.4, 0.5) is 0 Å². The maximum Gasteiger partial charge on any atom is 0.326 e. The molecule has 2 N–H and O–H groups in total. The Morgan fingerprint density at radius 3 is 2.87 bits per heavy atom. The van der Waals surface area contributed by atoms with Gasteiger partial charge in [-0.25, -0.2) is 4.79 Å². The number of phenols is 1. The average molecular weight is 206 g/mol. The van der Waals surface area contributed by atoms with Crippen LogP contribution in [-0.2, 0) is 6.54 Å². The Bertz CT molecular complexity index is 537. The topological polar surface area (TPSA) is 58.0 Å². The quantitative estimate of drug-likeness (QED) is 0.785. The summed E-state index contributed by atoms with van der Waals surface area (Å²) < 4.78 is 1.58. The first-order valence-electron chi connectivity index (χ1n) is 5.00. The number of hydrogen-bond acceptors (Lipinski definition) is 2. The van der Waals surface area contributed by atoms with E-state index in [4.69, 9.17) is 0 Å². The van der Waals surface area contributed by atoms with Crippen molar-refractivity contribution in [1.29, 1.82) is 0 Å². The summed E-state index contributed by atoms with van der Waals surface area (Å²) in [6.07, 6.45) is 0. The van der Waals surface area contributed by atoms with Crippen molar-refractivity contribution < 1.29 is 5.11 Å². The molecule has 0 aliphatic heterocycles. The lowest BCUT2D eigenvalue weighted by Crippen LogP contribution is -2.19. The highest BCUT2D eigenvalue weighted by atomic mass is 16.3. The minimum atomic E-state index is -0.166. The van der Waals surface area contributed by atoms with E-state index in [0.29, 0.717) is 23.5 Å². The Labute approximate surface area is 87.2 Å². The summed E-state index contributed by atoms with van der Waals surface area (Å²) in [6, 6.07) is 5.09. The maximum atomic E-state index is 11.6. The third-order valence-electron chi connectivity index (χ3n) is 2.32. The Morgan fingerprint density at radius 1 is 1.47 bits per heavy atom. The third kappa shape index (κ3) is 1.63. The van der Waals surface area contributed by atoms with Crippen LogP contribution in [0.1, 0.15) is 13.8 Å². The maximum absolute atomic E-state index is 11.6. The monoisotopic (exact) mass is 206 g/mol. The molecule has 0 unspecified atom stereocenters. The molecule has 0 atom stereocenters. The number of aromatic hydroxyl groups is 1. The zero-order valence-corrected chi connectivity index (χ0v) is 8.82. The van der Waals surface area contributed by atoms with E-state index in [1.54, 1.807) is 22.8 Å². The summed E-state index contributed by atoms with van der Waals surface area (Å²) in [4.78, 5) is 14.3. The van der Waals surface area contributed by atoms with Gasteiger partial charge < -0.3 is 10.1 Å². The van der Waals surface area contributed by atoms with Crippen LogP contribution in [0.2, 0.25) is 0 Å². The number of fused-ring (bicyclic) bond motifs is 1. The Morgan fingerprint density at radius 2 is 2.20 bits per heavy atom. The lowest BCUT2D eigenvalue weighted by atomic mass is 10.2. The van der Waals surface area contributed by atoms with Crippen LogP contribution in [0.15, 0.2) is 23.0 Å². The molecule has 0 amide bonds. The van der Waals surface area contributed by atoms with Gasteiger partial charge in [0.25, 0.3) is 0 Å². The van der Waals surface area contributed by atoms with Gasteiger partial charge in [-0.05, 0) is 18.1 Å². The van der Waals surface area contributed by atoms with Crippen molar-refractivity contribution >= 4 is 11.0 Å². The first kappa shape index (κ1) is 9.83. The fourth-order valence-corrected chi connectivity index (χ4v) is 1.74. The number of para-hydroxylation sites is 1. The van der Waals surface area contributed by atoms with E-state index < -0.39 is 0 Å². The van der Waals surface area contributed by atoms with Gasteiger partial charge in [-0.2, -0.15) is 0 Å². The number of hydrogen-bond donors (Lipinski definition) is 2. The van der Waals surface area contributed by atoms with Crippen LogP contribution in [0.3, 0.4) is 0 Å². The van der Waals surface area contributed by atoms with Crippen LogP contribution in [0.5, 0.6) is 5.75 Å². The number of rotatable bonds is 2. The van der Waals surface area contributed by atoms with Crippen LogP contribution < -0.4 is 5.69 Å². The molecular weight excluding hydrogens is 192 g/mol. The number of nitrogens with one attached hydrogen (secondary N) is 1.